The topological polar surface area (TPSA) is 58.6 Å². The zero-order valence-corrected chi connectivity index (χ0v) is 14.8. The van der Waals surface area contributed by atoms with Crippen LogP contribution in [0.5, 0.6) is 5.75 Å². The molecule has 1 aliphatic heterocycles. The van der Waals surface area contributed by atoms with Gasteiger partial charge >= 0.3 is 0 Å². The van der Waals surface area contributed by atoms with Crippen LogP contribution in [0.3, 0.4) is 0 Å². The molecule has 0 spiro atoms. The Bertz CT molecular complexity index is 527. The number of piperidine rings is 1. The number of ether oxygens (including phenoxy) is 1. The average molecular weight is 355 g/mol. The molecule has 21 heavy (non-hydrogen) atoms. The Hall–Kier alpha value is -0.340. The monoisotopic (exact) mass is 354 g/mol. The van der Waals surface area contributed by atoms with Gasteiger partial charge < -0.3 is 10.1 Å². The summed E-state index contributed by atoms with van der Waals surface area (Å²) in [6, 6.07) is 1.80. The number of sulfonamides is 1. The van der Waals surface area contributed by atoms with Gasteiger partial charge in [-0.25, -0.2) is 8.42 Å². The zero-order chi connectivity index (χ0) is 14.6. The molecular weight excluding hydrogens is 332 g/mol. The maximum Gasteiger partial charge on any atom is 0.256 e. The van der Waals surface area contributed by atoms with Crippen LogP contribution in [0.15, 0.2) is 15.7 Å². The average Bonchev–Trinajstić information content (AvgIpc) is 2.94. The van der Waals surface area contributed by atoms with Crippen LogP contribution >= 0.6 is 23.7 Å². The van der Waals surface area contributed by atoms with Crippen LogP contribution in [0.4, 0.5) is 0 Å². The fourth-order valence-corrected chi connectivity index (χ4v) is 5.71. The Morgan fingerprint density at radius 3 is 2.67 bits per heavy atom. The van der Waals surface area contributed by atoms with Crippen molar-refractivity contribution in [3.63, 3.8) is 0 Å². The highest BCUT2D eigenvalue weighted by Crippen LogP contribution is 2.34. The van der Waals surface area contributed by atoms with Gasteiger partial charge in [-0.1, -0.05) is 6.92 Å². The molecule has 1 aromatic heterocycles. The molecule has 0 aliphatic carbocycles. The van der Waals surface area contributed by atoms with E-state index in [9.17, 15) is 8.42 Å². The van der Waals surface area contributed by atoms with E-state index in [1.807, 2.05) is 6.92 Å². The number of halogens is 1. The van der Waals surface area contributed by atoms with E-state index in [1.54, 1.807) is 15.8 Å². The molecule has 0 unspecified atom stereocenters. The molecule has 2 heterocycles. The molecule has 8 heteroatoms. The quantitative estimate of drug-likeness (QED) is 0.851. The van der Waals surface area contributed by atoms with Crippen LogP contribution in [0.1, 0.15) is 26.2 Å². The van der Waals surface area contributed by atoms with Crippen molar-refractivity contribution in [1.82, 2.24) is 9.62 Å². The van der Waals surface area contributed by atoms with E-state index < -0.39 is 10.0 Å². The van der Waals surface area contributed by atoms with Crippen molar-refractivity contribution < 1.29 is 13.2 Å². The van der Waals surface area contributed by atoms with E-state index in [0.717, 1.165) is 32.4 Å². The third kappa shape index (κ3) is 4.10. The molecule has 2 rings (SSSR count). The highest BCUT2D eigenvalue weighted by Gasteiger charge is 2.34. The molecule has 1 aromatic rings. The Morgan fingerprint density at radius 1 is 1.43 bits per heavy atom. The van der Waals surface area contributed by atoms with Gasteiger partial charge in [0.25, 0.3) is 10.0 Å². The molecule has 0 aromatic carbocycles. The molecule has 0 bridgehead atoms. The molecular formula is C13H23ClN2O3S2. The van der Waals surface area contributed by atoms with Crippen LogP contribution < -0.4 is 10.1 Å². The van der Waals surface area contributed by atoms with E-state index in [4.69, 9.17) is 4.74 Å². The Morgan fingerprint density at radius 2 is 2.10 bits per heavy atom. The number of thiophene rings is 1. The van der Waals surface area contributed by atoms with Crippen LogP contribution in [0.2, 0.25) is 0 Å². The van der Waals surface area contributed by atoms with Gasteiger partial charge in [0.05, 0.1) is 7.11 Å². The summed E-state index contributed by atoms with van der Waals surface area (Å²) in [7, 11) is -1.95. The van der Waals surface area contributed by atoms with Gasteiger partial charge in [-0.15, -0.1) is 23.7 Å². The van der Waals surface area contributed by atoms with Gasteiger partial charge in [0.15, 0.2) is 4.21 Å². The summed E-state index contributed by atoms with van der Waals surface area (Å²) in [5, 5.41) is 5.04. The van der Waals surface area contributed by atoms with Gasteiger partial charge in [0, 0.05) is 12.6 Å². The summed E-state index contributed by atoms with van der Waals surface area (Å²) >= 11 is 1.23. The molecule has 0 amide bonds. The normalized spacial score (nSPS) is 16.7. The fourth-order valence-electron chi connectivity index (χ4n) is 2.54. The van der Waals surface area contributed by atoms with Gasteiger partial charge in [0.2, 0.25) is 0 Å². The SMILES string of the molecule is CCCN(C1CCNCC1)S(=O)(=O)c1sccc1OC.Cl. The second-order valence-corrected chi connectivity index (χ2v) is 7.88. The largest absolute Gasteiger partial charge is 0.494 e. The maximum atomic E-state index is 12.9. The lowest BCUT2D eigenvalue weighted by molar-refractivity contribution is 0.262. The molecule has 1 saturated heterocycles. The minimum atomic E-state index is -3.46. The Kier molecular flexibility index (Phi) is 7.42. The number of nitrogens with one attached hydrogen (secondary N) is 1. The third-order valence-electron chi connectivity index (χ3n) is 3.52. The van der Waals surface area contributed by atoms with Gasteiger partial charge in [0.1, 0.15) is 5.75 Å². The zero-order valence-electron chi connectivity index (χ0n) is 12.4. The lowest BCUT2D eigenvalue weighted by Crippen LogP contribution is -2.46. The summed E-state index contributed by atoms with van der Waals surface area (Å²) in [6.45, 7) is 4.33. The minimum Gasteiger partial charge on any atom is -0.494 e. The van der Waals surface area contributed by atoms with Crippen molar-refractivity contribution in [2.75, 3.05) is 26.7 Å². The Balaban J connectivity index is 0.00000220. The van der Waals surface area contributed by atoms with E-state index in [2.05, 4.69) is 5.32 Å². The van der Waals surface area contributed by atoms with E-state index in [-0.39, 0.29) is 18.4 Å². The maximum absolute atomic E-state index is 12.9. The van der Waals surface area contributed by atoms with Crippen LogP contribution in [0.25, 0.3) is 0 Å². The van der Waals surface area contributed by atoms with Crippen LogP contribution in [-0.2, 0) is 10.0 Å². The second kappa shape index (κ2) is 8.33. The summed E-state index contributed by atoms with van der Waals surface area (Å²) in [6.07, 6.45) is 2.55. The van der Waals surface area contributed by atoms with E-state index >= 15 is 0 Å². The van der Waals surface area contributed by atoms with Gasteiger partial charge in [-0.05, 0) is 43.8 Å². The lowest BCUT2D eigenvalue weighted by Gasteiger charge is -2.33. The molecule has 0 saturated carbocycles. The first-order valence-electron chi connectivity index (χ1n) is 6.95. The molecule has 122 valence electrons. The third-order valence-corrected chi connectivity index (χ3v) is 6.89. The fraction of sp³-hybridized carbons (Fsp3) is 0.692. The highest BCUT2D eigenvalue weighted by atomic mass is 35.5. The first-order chi connectivity index (χ1) is 9.61. The lowest BCUT2D eigenvalue weighted by atomic mass is 10.1. The molecule has 0 radical (unpaired) electrons. The predicted molar refractivity (Wildman–Crippen MR) is 88.2 cm³/mol. The van der Waals surface area contributed by atoms with Crippen molar-refractivity contribution in [3.05, 3.63) is 11.4 Å². The summed E-state index contributed by atoms with van der Waals surface area (Å²) in [5.74, 6) is 0.449. The van der Waals surface area contributed by atoms with Crippen LogP contribution in [0, 0.1) is 0 Å². The van der Waals surface area contributed by atoms with Crippen LogP contribution in [-0.4, -0.2) is 45.5 Å². The van der Waals surface area contributed by atoms with Crippen molar-refractivity contribution in [2.45, 2.75) is 36.4 Å². The molecule has 5 nitrogen and oxygen atoms in total. The number of nitrogens with zero attached hydrogens (tertiary/aromatic N) is 1. The highest BCUT2D eigenvalue weighted by molar-refractivity contribution is 7.91. The standard InChI is InChI=1S/C13H22N2O3S2.ClH/c1-3-9-15(11-4-7-14-8-5-11)20(16,17)13-12(18-2)6-10-19-13;/h6,10-11,14H,3-5,7-9H2,1-2H3;1H. The Labute approximate surface area is 137 Å². The number of rotatable bonds is 6. The second-order valence-electron chi connectivity index (χ2n) is 4.87. The number of hydrogen-bond acceptors (Lipinski definition) is 5. The summed E-state index contributed by atoms with van der Waals surface area (Å²) < 4.78 is 33.0. The van der Waals surface area contributed by atoms with Gasteiger partial charge in [-0.2, -0.15) is 4.31 Å². The number of hydrogen-bond donors (Lipinski definition) is 1. The molecule has 1 fully saturated rings. The molecule has 1 N–H and O–H groups in total. The smallest absolute Gasteiger partial charge is 0.256 e. The summed E-state index contributed by atoms with van der Waals surface area (Å²) in [4.78, 5) is 0. The first-order valence-corrected chi connectivity index (χ1v) is 9.27. The predicted octanol–water partition coefficient (Wildman–Crippen LogP) is 2.33. The van der Waals surface area contributed by atoms with E-state index in [1.165, 1.54) is 18.4 Å². The van der Waals surface area contributed by atoms with Crippen molar-refractivity contribution >= 4 is 33.8 Å². The summed E-state index contributed by atoms with van der Waals surface area (Å²) in [5.41, 5.74) is 0. The molecule has 0 atom stereocenters. The minimum absolute atomic E-state index is 0. The van der Waals surface area contributed by atoms with E-state index in [0.29, 0.717) is 16.5 Å². The van der Waals surface area contributed by atoms with Crippen molar-refractivity contribution in [1.29, 1.82) is 0 Å². The van der Waals surface area contributed by atoms with Gasteiger partial charge in [-0.3, -0.25) is 0 Å². The molecule has 1 aliphatic rings. The van der Waals surface area contributed by atoms with Crippen molar-refractivity contribution in [3.8, 4) is 5.75 Å². The number of methoxy groups -OCH3 is 1. The van der Waals surface area contributed by atoms with Crippen molar-refractivity contribution in [2.24, 2.45) is 0 Å². The first kappa shape index (κ1) is 18.7.